The van der Waals surface area contributed by atoms with Crippen LogP contribution >= 0.6 is 11.3 Å². The highest BCUT2D eigenvalue weighted by Gasteiger charge is 2.29. The van der Waals surface area contributed by atoms with Crippen molar-refractivity contribution in [1.82, 2.24) is 20.1 Å². The van der Waals surface area contributed by atoms with Gasteiger partial charge in [0.1, 0.15) is 5.60 Å². The molecule has 0 unspecified atom stereocenters. The van der Waals surface area contributed by atoms with Gasteiger partial charge in [0.15, 0.2) is 15.7 Å². The number of nitrogens with zero attached hydrogens (tertiary/aromatic N) is 3. The van der Waals surface area contributed by atoms with Crippen molar-refractivity contribution in [2.24, 2.45) is 0 Å². The summed E-state index contributed by atoms with van der Waals surface area (Å²) in [5, 5.41) is 10.7. The first-order chi connectivity index (χ1) is 20.5. The average molecular weight is 646 g/mol. The molecule has 1 fully saturated rings. The summed E-state index contributed by atoms with van der Waals surface area (Å²) in [7, 11) is -3.66. The average Bonchev–Trinajstić information content (AvgIpc) is 3.54. The third-order valence-electron chi connectivity index (χ3n) is 7.17. The van der Waals surface area contributed by atoms with Crippen molar-refractivity contribution in [3.8, 4) is 10.4 Å². The molecule has 1 saturated carbocycles. The Morgan fingerprint density at radius 3 is 2.36 bits per heavy atom. The monoisotopic (exact) mass is 645 g/mol. The summed E-state index contributed by atoms with van der Waals surface area (Å²) in [6.45, 7) is 14.0. The fourth-order valence-corrected chi connectivity index (χ4v) is 7.44. The van der Waals surface area contributed by atoms with Gasteiger partial charge in [-0.2, -0.15) is 4.68 Å². The van der Waals surface area contributed by atoms with Gasteiger partial charge in [-0.15, -0.1) is 16.4 Å². The summed E-state index contributed by atoms with van der Waals surface area (Å²) in [6.07, 6.45) is 3.99. The summed E-state index contributed by atoms with van der Waals surface area (Å²) in [5.74, 6) is 0.624. The molecule has 2 aromatic heterocycles. The first kappa shape index (κ1) is 33.4. The van der Waals surface area contributed by atoms with E-state index in [0.29, 0.717) is 22.8 Å². The van der Waals surface area contributed by atoms with Crippen LogP contribution in [0.5, 0.6) is 0 Å². The van der Waals surface area contributed by atoms with E-state index in [-0.39, 0.29) is 29.1 Å². The number of alkyl carbamates (subject to hydrolysis) is 1. The van der Waals surface area contributed by atoms with Gasteiger partial charge in [-0.3, -0.25) is 0 Å². The number of ether oxygens (including phenoxy) is 2. The largest absolute Gasteiger partial charge is 0.447 e. The Balaban J connectivity index is 1.54. The normalized spacial score (nSPS) is 17.5. The Hall–Kier alpha value is -3.45. The molecular formula is C31H43N5O6S2. The quantitative estimate of drug-likeness (QED) is 0.260. The Bertz CT molecular complexity index is 1600. The Kier molecular flexibility index (Phi) is 10.1. The van der Waals surface area contributed by atoms with Crippen molar-refractivity contribution in [3.63, 3.8) is 0 Å². The SMILES string of the molecule is Cc1cc(Nc2ccc(-c3cnc(C4CCC(NC(=O)OC(C)C)CC4)s3)c(S(=O)(=O)C(C)C)c2)nn1C(=O)OC(C)(C)C. The zero-order valence-corrected chi connectivity index (χ0v) is 28.3. The van der Waals surface area contributed by atoms with Gasteiger partial charge in [-0.05, 0) is 93.2 Å². The highest BCUT2D eigenvalue weighted by Crippen LogP contribution is 2.40. The van der Waals surface area contributed by atoms with Crippen LogP contribution in [0.4, 0.5) is 21.1 Å². The van der Waals surface area contributed by atoms with E-state index in [1.165, 1.54) is 16.0 Å². The number of aryl methyl sites for hydroxylation is 1. The summed E-state index contributed by atoms with van der Waals surface area (Å²) < 4.78 is 38.9. The lowest BCUT2D eigenvalue weighted by atomic mass is 9.86. The molecule has 2 heterocycles. The topological polar surface area (TPSA) is 142 Å². The van der Waals surface area contributed by atoms with Gasteiger partial charge in [0.25, 0.3) is 0 Å². The minimum Gasteiger partial charge on any atom is -0.447 e. The lowest BCUT2D eigenvalue weighted by Gasteiger charge is -2.28. The Labute approximate surface area is 263 Å². The number of amides is 1. The van der Waals surface area contributed by atoms with Crippen molar-refractivity contribution in [2.75, 3.05) is 5.32 Å². The minimum atomic E-state index is -3.66. The van der Waals surface area contributed by atoms with Crippen molar-refractivity contribution < 1.29 is 27.5 Å². The second-order valence-electron chi connectivity index (χ2n) is 12.7. The number of sulfone groups is 1. The van der Waals surface area contributed by atoms with E-state index in [4.69, 9.17) is 14.5 Å². The highest BCUT2D eigenvalue weighted by atomic mass is 32.2. The molecule has 1 aliphatic rings. The van der Waals surface area contributed by atoms with Crippen LogP contribution in [0.3, 0.4) is 0 Å². The van der Waals surface area contributed by atoms with Gasteiger partial charge in [-0.1, -0.05) is 6.07 Å². The third kappa shape index (κ3) is 8.17. The molecule has 2 N–H and O–H groups in total. The van der Waals surface area contributed by atoms with Crippen molar-refractivity contribution in [3.05, 3.63) is 41.2 Å². The lowest BCUT2D eigenvalue weighted by Crippen LogP contribution is -2.38. The van der Waals surface area contributed by atoms with E-state index >= 15 is 0 Å². The number of hydrogen-bond donors (Lipinski definition) is 2. The summed E-state index contributed by atoms with van der Waals surface area (Å²) in [5.41, 5.74) is 1.02. The number of carbonyl (C=O) groups is 2. The second-order valence-corrected chi connectivity index (χ2v) is 16.2. The molecule has 1 aliphatic carbocycles. The molecule has 0 atom stereocenters. The van der Waals surface area contributed by atoms with E-state index in [0.717, 1.165) is 35.6 Å². The first-order valence-corrected chi connectivity index (χ1v) is 17.3. The van der Waals surface area contributed by atoms with Crippen LogP contribution in [0.25, 0.3) is 10.4 Å². The maximum atomic E-state index is 13.5. The Morgan fingerprint density at radius 1 is 1.07 bits per heavy atom. The van der Waals surface area contributed by atoms with Gasteiger partial charge in [0.2, 0.25) is 0 Å². The van der Waals surface area contributed by atoms with Crippen LogP contribution in [0.2, 0.25) is 0 Å². The lowest BCUT2D eigenvalue weighted by molar-refractivity contribution is 0.0511. The van der Waals surface area contributed by atoms with Crippen LogP contribution in [-0.4, -0.2) is 58.4 Å². The number of rotatable bonds is 8. The fourth-order valence-electron chi connectivity index (χ4n) is 4.97. The van der Waals surface area contributed by atoms with Crippen LogP contribution in [0.1, 0.15) is 90.8 Å². The predicted molar refractivity (Wildman–Crippen MR) is 172 cm³/mol. The van der Waals surface area contributed by atoms with E-state index in [9.17, 15) is 18.0 Å². The summed E-state index contributed by atoms with van der Waals surface area (Å²) in [6, 6.07) is 6.95. The molecule has 240 valence electrons. The van der Waals surface area contributed by atoms with Crippen LogP contribution < -0.4 is 10.6 Å². The molecule has 44 heavy (non-hydrogen) atoms. The summed E-state index contributed by atoms with van der Waals surface area (Å²) >= 11 is 1.51. The standard InChI is InChI=1S/C31H43N5O6S2/c1-18(2)41-29(37)34-22-11-9-21(10-12-22)28-32-17-25(43-28)24-14-13-23(16-26(24)44(39,40)19(3)4)33-27-15-20(5)36(35-27)30(38)42-31(6,7)8/h13-19,21-22H,9-12H2,1-8H3,(H,33,35)(H,34,37). The van der Waals surface area contributed by atoms with Crippen molar-refractivity contribution >= 4 is 44.9 Å². The van der Waals surface area contributed by atoms with Crippen molar-refractivity contribution in [1.29, 1.82) is 0 Å². The zero-order chi connectivity index (χ0) is 32.4. The van der Waals surface area contributed by atoms with E-state index in [2.05, 4.69) is 15.7 Å². The number of anilines is 2. The smallest absolute Gasteiger partial charge is 0.435 e. The van der Waals surface area contributed by atoms with Gasteiger partial charge in [-0.25, -0.2) is 23.0 Å². The van der Waals surface area contributed by atoms with E-state index in [1.54, 1.807) is 72.0 Å². The van der Waals surface area contributed by atoms with Gasteiger partial charge >= 0.3 is 12.2 Å². The molecule has 1 aromatic carbocycles. The van der Waals surface area contributed by atoms with Crippen LogP contribution in [0, 0.1) is 6.92 Å². The number of benzene rings is 1. The molecule has 0 saturated heterocycles. The molecule has 0 bridgehead atoms. The molecule has 1 amide bonds. The molecule has 13 heteroatoms. The Morgan fingerprint density at radius 2 is 1.75 bits per heavy atom. The van der Waals surface area contributed by atoms with Gasteiger partial charge in [0, 0.05) is 41.2 Å². The van der Waals surface area contributed by atoms with Crippen LogP contribution in [-0.2, 0) is 19.3 Å². The number of nitrogens with one attached hydrogen (secondary N) is 2. The maximum absolute atomic E-state index is 13.5. The number of carbonyl (C=O) groups excluding carboxylic acids is 2. The summed E-state index contributed by atoms with van der Waals surface area (Å²) in [4.78, 5) is 30.2. The molecular weight excluding hydrogens is 603 g/mol. The molecule has 0 radical (unpaired) electrons. The number of hydrogen-bond acceptors (Lipinski definition) is 10. The number of aromatic nitrogens is 3. The van der Waals surface area contributed by atoms with Gasteiger partial charge in [0.05, 0.1) is 26.1 Å². The third-order valence-corrected chi connectivity index (χ3v) is 10.6. The van der Waals surface area contributed by atoms with Crippen molar-refractivity contribution in [2.45, 2.75) is 115 Å². The predicted octanol–water partition coefficient (Wildman–Crippen LogP) is 7.18. The van der Waals surface area contributed by atoms with E-state index in [1.807, 2.05) is 13.8 Å². The fraction of sp³-hybridized carbons (Fsp3) is 0.548. The van der Waals surface area contributed by atoms with E-state index < -0.39 is 26.8 Å². The molecule has 4 rings (SSSR count). The molecule has 0 spiro atoms. The first-order valence-electron chi connectivity index (χ1n) is 14.9. The number of thiazole rings is 1. The molecule has 3 aromatic rings. The van der Waals surface area contributed by atoms with Crippen LogP contribution in [0.15, 0.2) is 35.4 Å². The van der Waals surface area contributed by atoms with Gasteiger partial charge < -0.3 is 20.1 Å². The maximum Gasteiger partial charge on any atom is 0.435 e. The minimum absolute atomic E-state index is 0.0686. The molecule has 11 nitrogen and oxygen atoms in total. The second kappa shape index (κ2) is 13.3. The molecule has 0 aliphatic heterocycles. The highest BCUT2D eigenvalue weighted by molar-refractivity contribution is 7.92. The zero-order valence-electron chi connectivity index (χ0n) is 26.6.